The monoisotopic (exact) mass is 355 g/mol. The SMILES string of the molecule is CN[C@@H](C)CC=Cc1cncc(O[C@@H]2CCN(C(=O)c3ccco3)C2)c1. The first-order chi connectivity index (χ1) is 12.7. The van der Waals surface area contributed by atoms with E-state index in [0.29, 0.717) is 24.9 Å². The lowest BCUT2D eigenvalue weighted by atomic mass is 10.2. The van der Waals surface area contributed by atoms with E-state index in [9.17, 15) is 4.79 Å². The predicted octanol–water partition coefficient (Wildman–Crippen LogP) is 2.98. The summed E-state index contributed by atoms with van der Waals surface area (Å²) in [5.41, 5.74) is 1.01. The molecule has 1 aliphatic heterocycles. The molecule has 2 aromatic heterocycles. The highest BCUT2D eigenvalue weighted by molar-refractivity contribution is 5.91. The Kier molecular flexibility index (Phi) is 6.07. The molecule has 26 heavy (non-hydrogen) atoms. The molecule has 3 heterocycles. The average molecular weight is 355 g/mol. The van der Waals surface area contributed by atoms with Crippen LogP contribution < -0.4 is 10.1 Å². The summed E-state index contributed by atoms with van der Waals surface area (Å²) in [6.07, 6.45) is 10.9. The summed E-state index contributed by atoms with van der Waals surface area (Å²) in [5.74, 6) is 1.01. The van der Waals surface area contributed by atoms with Gasteiger partial charge in [0.05, 0.1) is 19.0 Å². The summed E-state index contributed by atoms with van der Waals surface area (Å²) in [4.78, 5) is 18.3. The fraction of sp³-hybridized carbons (Fsp3) is 0.400. The standard InChI is InChI=1S/C20H25N3O3/c1-15(21-2)5-3-6-16-11-18(13-22-12-16)26-17-8-9-23(14-17)20(24)19-7-4-10-25-19/h3-4,6-7,10-13,15,17,21H,5,8-9,14H2,1-2H3/t15-,17+/m0/s1. The summed E-state index contributed by atoms with van der Waals surface area (Å²) < 4.78 is 11.2. The van der Waals surface area contributed by atoms with Gasteiger partial charge in [-0.2, -0.15) is 0 Å². The molecule has 1 N–H and O–H groups in total. The molecule has 1 aliphatic rings. The minimum Gasteiger partial charge on any atom is -0.487 e. The van der Waals surface area contributed by atoms with Crippen LogP contribution in [0.25, 0.3) is 6.08 Å². The third-order valence-electron chi connectivity index (χ3n) is 4.49. The Hall–Kier alpha value is -2.60. The van der Waals surface area contributed by atoms with E-state index in [0.717, 1.165) is 24.2 Å². The normalized spacial score (nSPS) is 18.4. The molecule has 0 radical (unpaired) electrons. The van der Waals surface area contributed by atoms with Crippen LogP contribution in [-0.4, -0.2) is 48.1 Å². The summed E-state index contributed by atoms with van der Waals surface area (Å²) in [5, 5.41) is 3.20. The zero-order chi connectivity index (χ0) is 18.4. The van der Waals surface area contributed by atoms with Crippen LogP contribution in [0.4, 0.5) is 0 Å². The van der Waals surface area contributed by atoms with Crippen molar-refractivity contribution in [2.75, 3.05) is 20.1 Å². The van der Waals surface area contributed by atoms with E-state index >= 15 is 0 Å². The lowest BCUT2D eigenvalue weighted by Gasteiger charge is -2.16. The first-order valence-electron chi connectivity index (χ1n) is 8.94. The predicted molar refractivity (Wildman–Crippen MR) is 100 cm³/mol. The Morgan fingerprint density at radius 3 is 3.19 bits per heavy atom. The van der Waals surface area contributed by atoms with Crippen molar-refractivity contribution in [1.29, 1.82) is 0 Å². The third kappa shape index (κ3) is 4.73. The fourth-order valence-electron chi connectivity index (χ4n) is 2.87. The molecule has 0 aliphatic carbocycles. The second-order valence-corrected chi connectivity index (χ2v) is 6.54. The molecule has 2 atom stereocenters. The van der Waals surface area contributed by atoms with E-state index < -0.39 is 0 Å². The number of nitrogens with zero attached hydrogens (tertiary/aromatic N) is 2. The van der Waals surface area contributed by atoms with Gasteiger partial charge in [0.15, 0.2) is 5.76 Å². The van der Waals surface area contributed by atoms with Gasteiger partial charge in [-0.1, -0.05) is 12.2 Å². The van der Waals surface area contributed by atoms with Gasteiger partial charge < -0.3 is 19.4 Å². The Labute approximate surface area is 153 Å². The molecule has 138 valence electrons. The average Bonchev–Trinajstić information content (AvgIpc) is 3.33. The fourth-order valence-corrected chi connectivity index (χ4v) is 2.87. The summed E-state index contributed by atoms with van der Waals surface area (Å²) >= 11 is 0. The van der Waals surface area contributed by atoms with E-state index in [1.807, 2.05) is 19.3 Å². The largest absolute Gasteiger partial charge is 0.487 e. The quantitative estimate of drug-likeness (QED) is 0.827. The summed E-state index contributed by atoms with van der Waals surface area (Å²) in [6, 6.07) is 5.82. The molecular formula is C20H25N3O3. The number of amides is 1. The molecule has 6 nitrogen and oxygen atoms in total. The molecule has 1 fully saturated rings. The van der Waals surface area contributed by atoms with E-state index in [1.165, 1.54) is 6.26 Å². The van der Waals surface area contributed by atoms with Crippen LogP contribution in [0.1, 0.15) is 35.9 Å². The number of pyridine rings is 1. The van der Waals surface area contributed by atoms with E-state index in [-0.39, 0.29) is 12.0 Å². The number of aromatic nitrogens is 1. The van der Waals surface area contributed by atoms with Crippen molar-refractivity contribution < 1.29 is 13.9 Å². The molecule has 1 saturated heterocycles. The zero-order valence-corrected chi connectivity index (χ0v) is 15.2. The molecule has 0 saturated carbocycles. The van der Waals surface area contributed by atoms with Crippen LogP contribution in [-0.2, 0) is 0 Å². The molecule has 3 rings (SSSR count). The molecule has 1 amide bonds. The second kappa shape index (κ2) is 8.67. The van der Waals surface area contributed by atoms with Gasteiger partial charge in [-0.05, 0) is 44.2 Å². The molecule has 0 unspecified atom stereocenters. The van der Waals surface area contributed by atoms with Crippen LogP contribution in [0.3, 0.4) is 0 Å². The second-order valence-electron chi connectivity index (χ2n) is 6.54. The van der Waals surface area contributed by atoms with Crippen molar-refractivity contribution in [2.24, 2.45) is 0 Å². The lowest BCUT2D eigenvalue weighted by Crippen LogP contribution is -2.30. The zero-order valence-electron chi connectivity index (χ0n) is 15.2. The minimum atomic E-state index is -0.0884. The molecule has 0 aromatic carbocycles. The van der Waals surface area contributed by atoms with E-state index in [1.54, 1.807) is 23.2 Å². The highest BCUT2D eigenvalue weighted by Crippen LogP contribution is 2.21. The molecule has 2 aromatic rings. The van der Waals surface area contributed by atoms with Crippen molar-refractivity contribution in [3.05, 3.63) is 54.3 Å². The Morgan fingerprint density at radius 1 is 1.54 bits per heavy atom. The smallest absolute Gasteiger partial charge is 0.289 e. The van der Waals surface area contributed by atoms with Crippen LogP contribution in [0.5, 0.6) is 5.75 Å². The number of ether oxygens (including phenoxy) is 1. The van der Waals surface area contributed by atoms with Crippen LogP contribution in [0.2, 0.25) is 0 Å². The number of carbonyl (C=O) groups is 1. The van der Waals surface area contributed by atoms with Crippen molar-refractivity contribution in [3.8, 4) is 5.75 Å². The number of rotatable bonds is 7. The van der Waals surface area contributed by atoms with Crippen molar-refractivity contribution in [1.82, 2.24) is 15.2 Å². The summed E-state index contributed by atoms with van der Waals surface area (Å²) in [7, 11) is 1.95. The highest BCUT2D eigenvalue weighted by atomic mass is 16.5. The number of hydrogen-bond donors (Lipinski definition) is 1. The first kappa shape index (κ1) is 18.2. The molecular weight excluding hydrogens is 330 g/mol. The van der Waals surface area contributed by atoms with Gasteiger partial charge in [0, 0.05) is 25.2 Å². The van der Waals surface area contributed by atoms with Gasteiger partial charge in [0.2, 0.25) is 0 Å². The van der Waals surface area contributed by atoms with Crippen molar-refractivity contribution in [2.45, 2.75) is 31.9 Å². The topological polar surface area (TPSA) is 67.6 Å². The number of hydrogen-bond acceptors (Lipinski definition) is 5. The highest BCUT2D eigenvalue weighted by Gasteiger charge is 2.29. The first-order valence-corrected chi connectivity index (χ1v) is 8.94. The minimum absolute atomic E-state index is 0.0285. The Morgan fingerprint density at radius 2 is 2.42 bits per heavy atom. The van der Waals surface area contributed by atoms with Crippen LogP contribution in [0.15, 0.2) is 47.3 Å². The van der Waals surface area contributed by atoms with E-state index in [2.05, 4.69) is 29.4 Å². The third-order valence-corrected chi connectivity index (χ3v) is 4.49. The van der Waals surface area contributed by atoms with Crippen LogP contribution in [0, 0.1) is 0 Å². The number of carbonyl (C=O) groups excluding carboxylic acids is 1. The van der Waals surface area contributed by atoms with Gasteiger partial charge >= 0.3 is 0 Å². The molecule has 6 heteroatoms. The number of nitrogens with one attached hydrogen (secondary N) is 1. The van der Waals surface area contributed by atoms with Gasteiger partial charge in [-0.3, -0.25) is 9.78 Å². The van der Waals surface area contributed by atoms with Crippen molar-refractivity contribution in [3.63, 3.8) is 0 Å². The Balaban J connectivity index is 1.55. The molecule has 0 bridgehead atoms. The number of likely N-dealkylation sites (tertiary alicyclic amines) is 1. The van der Waals surface area contributed by atoms with Gasteiger partial charge in [-0.25, -0.2) is 0 Å². The van der Waals surface area contributed by atoms with Crippen molar-refractivity contribution >= 4 is 12.0 Å². The maximum Gasteiger partial charge on any atom is 0.289 e. The van der Waals surface area contributed by atoms with Gasteiger partial charge in [-0.15, -0.1) is 0 Å². The summed E-state index contributed by atoms with van der Waals surface area (Å²) in [6.45, 7) is 3.36. The van der Waals surface area contributed by atoms with Gasteiger partial charge in [0.1, 0.15) is 11.9 Å². The van der Waals surface area contributed by atoms with Crippen LogP contribution >= 0.6 is 0 Å². The number of furan rings is 1. The molecule has 0 spiro atoms. The van der Waals surface area contributed by atoms with E-state index in [4.69, 9.17) is 9.15 Å². The maximum absolute atomic E-state index is 12.3. The Bertz CT molecular complexity index is 743. The lowest BCUT2D eigenvalue weighted by molar-refractivity contribution is 0.0741. The maximum atomic E-state index is 12.3. The van der Waals surface area contributed by atoms with Gasteiger partial charge in [0.25, 0.3) is 5.91 Å².